The van der Waals surface area contributed by atoms with Crippen LogP contribution in [0.25, 0.3) is 0 Å². The number of anilines is 1. The zero-order valence-corrected chi connectivity index (χ0v) is 12.6. The van der Waals surface area contributed by atoms with Gasteiger partial charge in [-0.3, -0.25) is 4.79 Å². The minimum atomic E-state index is 0.0550. The highest BCUT2D eigenvalue weighted by atomic mass is 16.1. The van der Waals surface area contributed by atoms with Crippen LogP contribution in [0, 0.1) is 0 Å². The molecule has 1 N–H and O–H groups in total. The van der Waals surface area contributed by atoms with Crippen LogP contribution in [0.4, 0.5) is 5.69 Å². The normalized spacial score (nSPS) is 21.2. The first-order valence-electron chi connectivity index (χ1n) is 6.86. The van der Waals surface area contributed by atoms with E-state index in [1.54, 1.807) is 6.92 Å². The summed E-state index contributed by atoms with van der Waals surface area (Å²) in [7, 11) is 0. The lowest BCUT2D eigenvalue weighted by molar-refractivity contribution is 0.101. The third kappa shape index (κ3) is 2.66. The van der Waals surface area contributed by atoms with Crippen LogP contribution in [0.5, 0.6) is 0 Å². The molecule has 0 spiro atoms. The van der Waals surface area contributed by atoms with Gasteiger partial charge in [-0.1, -0.05) is 0 Å². The summed E-state index contributed by atoms with van der Waals surface area (Å²) in [5.74, 6) is 0.116. The van der Waals surface area contributed by atoms with Crippen LogP contribution in [0.1, 0.15) is 45.0 Å². The van der Waals surface area contributed by atoms with Crippen LogP contribution in [0.15, 0.2) is 24.3 Å². The molecule has 1 aromatic carbocycles. The molecule has 19 heavy (non-hydrogen) atoms. The Morgan fingerprint density at radius 3 is 1.95 bits per heavy atom. The minimum absolute atomic E-state index is 0.0550. The molecule has 0 unspecified atom stereocenters. The first-order valence-corrected chi connectivity index (χ1v) is 6.86. The molecule has 104 valence electrons. The van der Waals surface area contributed by atoms with Crippen molar-refractivity contribution < 1.29 is 4.79 Å². The molecular weight excluding hydrogens is 236 g/mol. The van der Waals surface area contributed by atoms with Gasteiger partial charge in [-0.05, 0) is 58.9 Å². The van der Waals surface area contributed by atoms with Crippen molar-refractivity contribution in [3.63, 3.8) is 0 Å². The molecule has 0 amide bonds. The number of carbonyl (C=O) groups is 1. The predicted molar refractivity (Wildman–Crippen MR) is 80.0 cm³/mol. The number of piperazine rings is 1. The standard InChI is InChI=1S/C16H24N2O/c1-12(19)13-6-8-14(9-7-13)18-15(2,3)10-17-11-16(18,4)5/h6-9,17H,10-11H2,1-5H3. The number of hydrogen-bond donors (Lipinski definition) is 1. The second-order valence-electron chi connectivity index (χ2n) is 6.67. The van der Waals surface area contributed by atoms with E-state index in [0.29, 0.717) is 0 Å². The molecule has 0 saturated carbocycles. The van der Waals surface area contributed by atoms with E-state index in [9.17, 15) is 4.79 Å². The molecule has 3 nitrogen and oxygen atoms in total. The number of rotatable bonds is 2. The van der Waals surface area contributed by atoms with Gasteiger partial charge in [-0.15, -0.1) is 0 Å². The quantitative estimate of drug-likeness (QED) is 0.830. The lowest BCUT2D eigenvalue weighted by Gasteiger charge is -2.54. The van der Waals surface area contributed by atoms with Crippen molar-refractivity contribution in [2.24, 2.45) is 0 Å². The van der Waals surface area contributed by atoms with Crippen LogP contribution in [-0.2, 0) is 0 Å². The van der Waals surface area contributed by atoms with Gasteiger partial charge in [-0.25, -0.2) is 0 Å². The zero-order chi connectivity index (χ0) is 14.3. The smallest absolute Gasteiger partial charge is 0.159 e. The highest BCUT2D eigenvalue weighted by Crippen LogP contribution is 2.34. The topological polar surface area (TPSA) is 32.3 Å². The maximum Gasteiger partial charge on any atom is 0.159 e. The van der Waals surface area contributed by atoms with Crippen LogP contribution in [-0.4, -0.2) is 30.0 Å². The van der Waals surface area contributed by atoms with Crippen molar-refractivity contribution in [1.82, 2.24) is 5.32 Å². The minimum Gasteiger partial charge on any atom is -0.359 e. The molecular formula is C16H24N2O. The van der Waals surface area contributed by atoms with E-state index in [4.69, 9.17) is 0 Å². The number of ketones is 1. The van der Waals surface area contributed by atoms with Crippen LogP contribution >= 0.6 is 0 Å². The van der Waals surface area contributed by atoms with E-state index < -0.39 is 0 Å². The number of hydrogen-bond acceptors (Lipinski definition) is 3. The van der Waals surface area contributed by atoms with Gasteiger partial charge in [0.05, 0.1) is 0 Å². The van der Waals surface area contributed by atoms with Gasteiger partial charge < -0.3 is 10.2 Å². The van der Waals surface area contributed by atoms with Crippen LogP contribution in [0.2, 0.25) is 0 Å². The van der Waals surface area contributed by atoms with Crippen molar-refractivity contribution in [1.29, 1.82) is 0 Å². The van der Waals surface area contributed by atoms with Crippen molar-refractivity contribution >= 4 is 11.5 Å². The molecule has 0 bridgehead atoms. The molecule has 0 radical (unpaired) electrons. The molecule has 0 atom stereocenters. The summed E-state index contributed by atoms with van der Waals surface area (Å²) in [5.41, 5.74) is 2.06. The second-order valence-corrected chi connectivity index (χ2v) is 6.67. The molecule has 3 heteroatoms. The molecule has 1 aliphatic heterocycles. The van der Waals surface area contributed by atoms with E-state index in [0.717, 1.165) is 18.7 Å². The summed E-state index contributed by atoms with van der Waals surface area (Å²) in [4.78, 5) is 13.8. The highest BCUT2D eigenvalue weighted by Gasteiger charge is 2.41. The number of nitrogens with zero attached hydrogens (tertiary/aromatic N) is 1. The Kier molecular flexibility index (Phi) is 3.43. The van der Waals surface area contributed by atoms with E-state index in [-0.39, 0.29) is 16.9 Å². The molecule has 1 heterocycles. The Balaban J connectivity index is 2.39. The van der Waals surface area contributed by atoms with Crippen LogP contribution < -0.4 is 10.2 Å². The summed E-state index contributed by atoms with van der Waals surface area (Å²) in [6.07, 6.45) is 0. The predicted octanol–water partition coefficient (Wildman–Crippen LogP) is 2.86. The van der Waals surface area contributed by atoms with Crippen molar-refractivity contribution in [2.45, 2.75) is 45.7 Å². The number of benzene rings is 1. The van der Waals surface area contributed by atoms with E-state index >= 15 is 0 Å². The van der Waals surface area contributed by atoms with Gasteiger partial charge in [0.15, 0.2) is 5.78 Å². The fourth-order valence-corrected chi connectivity index (χ4v) is 3.20. The maximum atomic E-state index is 11.4. The Hall–Kier alpha value is -1.35. The summed E-state index contributed by atoms with van der Waals surface area (Å²) >= 11 is 0. The first kappa shape index (κ1) is 14.1. The average molecular weight is 260 g/mol. The van der Waals surface area contributed by atoms with Crippen molar-refractivity contribution in [2.75, 3.05) is 18.0 Å². The molecule has 1 aromatic rings. The zero-order valence-electron chi connectivity index (χ0n) is 12.6. The monoisotopic (exact) mass is 260 g/mol. The van der Waals surface area contributed by atoms with E-state index in [1.807, 2.05) is 12.1 Å². The van der Waals surface area contributed by atoms with Crippen LogP contribution in [0.3, 0.4) is 0 Å². The lowest BCUT2D eigenvalue weighted by Crippen LogP contribution is -2.68. The van der Waals surface area contributed by atoms with Gasteiger partial charge in [-0.2, -0.15) is 0 Å². The van der Waals surface area contributed by atoms with E-state index in [1.165, 1.54) is 5.69 Å². The first-order chi connectivity index (χ1) is 8.74. The highest BCUT2D eigenvalue weighted by molar-refractivity contribution is 5.94. The molecule has 0 aromatic heterocycles. The molecule has 2 rings (SSSR count). The summed E-state index contributed by atoms with van der Waals surface area (Å²) < 4.78 is 0. The summed E-state index contributed by atoms with van der Waals surface area (Å²) in [6, 6.07) is 7.97. The lowest BCUT2D eigenvalue weighted by atomic mass is 9.88. The summed E-state index contributed by atoms with van der Waals surface area (Å²) in [5, 5.41) is 3.50. The molecule has 1 fully saturated rings. The van der Waals surface area contributed by atoms with Gasteiger partial charge in [0.2, 0.25) is 0 Å². The average Bonchev–Trinajstić information content (AvgIpc) is 2.27. The van der Waals surface area contributed by atoms with Crippen molar-refractivity contribution in [3.05, 3.63) is 29.8 Å². The second kappa shape index (κ2) is 4.64. The van der Waals surface area contributed by atoms with Gasteiger partial charge >= 0.3 is 0 Å². The Bertz CT molecular complexity index is 458. The third-order valence-corrected chi connectivity index (χ3v) is 3.86. The Labute approximate surface area is 116 Å². The molecule has 1 saturated heterocycles. The fraction of sp³-hybridized carbons (Fsp3) is 0.562. The summed E-state index contributed by atoms with van der Waals surface area (Å²) in [6.45, 7) is 12.5. The maximum absolute atomic E-state index is 11.4. The third-order valence-electron chi connectivity index (χ3n) is 3.86. The fourth-order valence-electron chi connectivity index (χ4n) is 3.20. The largest absolute Gasteiger partial charge is 0.359 e. The van der Waals surface area contributed by atoms with Gasteiger partial charge in [0.1, 0.15) is 0 Å². The SMILES string of the molecule is CC(=O)c1ccc(N2C(C)(C)CNCC2(C)C)cc1. The Morgan fingerprint density at radius 1 is 1.05 bits per heavy atom. The molecule has 1 aliphatic rings. The number of nitrogens with one attached hydrogen (secondary N) is 1. The van der Waals surface area contributed by atoms with Gasteiger partial charge in [0, 0.05) is 35.4 Å². The molecule has 0 aliphatic carbocycles. The van der Waals surface area contributed by atoms with E-state index in [2.05, 4.69) is 50.0 Å². The number of Topliss-reactive ketones (excluding diaryl/α,β-unsaturated/α-hetero) is 1. The van der Waals surface area contributed by atoms with Crippen molar-refractivity contribution in [3.8, 4) is 0 Å². The Morgan fingerprint density at radius 2 is 1.53 bits per heavy atom. The number of carbonyl (C=O) groups excluding carboxylic acids is 1. The van der Waals surface area contributed by atoms with Gasteiger partial charge in [0.25, 0.3) is 0 Å².